The van der Waals surface area contributed by atoms with Crippen LogP contribution in [0, 0.1) is 6.92 Å². The molecule has 2 aromatic rings. The number of halogens is 3. The second kappa shape index (κ2) is 5.72. The number of carbonyl (C=O) groups is 1. The lowest BCUT2D eigenvalue weighted by Crippen LogP contribution is -2.30. The number of carbonyl (C=O) groups excluding carboxylic acids is 1. The van der Waals surface area contributed by atoms with Crippen molar-refractivity contribution in [1.29, 1.82) is 0 Å². The minimum atomic E-state index is -4.70. The van der Waals surface area contributed by atoms with E-state index in [9.17, 15) is 18.0 Å². The molecule has 0 aliphatic heterocycles. The van der Waals surface area contributed by atoms with Gasteiger partial charge >= 0.3 is 6.18 Å². The third-order valence-corrected chi connectivity index (χ3v) is 2.84. The van der Waals surface area contributed by atoms with Crippen molar-refractivity contribution in [3.8, 4) is 0 Å². The molecule has 0 radical (unpaired) electrons. The number of ether oxygens (including phenoxy) is 1. The molecule has 2 heterocycles. The Morgan fingerprint density at radius 2 is 2.14 bits per heavy atom. The molecule has 2 aromatic heterocycles. The number of aromatic nitrogens is 2. The van der Waals surface area contributed by atoms with E-state index in [1.807, 2.05) is 0 Å². The zero-order valence-corrected chi connectivity index (χ0v) is 11.5. The Kier molecular flexibility index (Phi) is 4.17. The smallest absolute Gasteiger partial charge is 0.383 e. The van der Waals surface area contributed by atoms with Crippen molar-refractivity contribution in [3.05, 3.63) is 35.3 Å². The first-order chi connectivity index (χ1) is 9.84. The number of nitrogens with one attached hydrogen (secondary N) is 1. The fourth-order valence-electron chi connectivity index (χ4n) is 1.92. The van der Waals surface area contributed by atoms with Gasteiger partial charge in [-0.05, 0) is 18.6 Å². The maximum atomic E-state index is 13.1. The molecule has 2 rings (SSSR count). The Hall–Kier alpha value is -2.09. The Labute approximate surface area is 118 Å². The summed E-state index contributed by atoms with van der Waals surface area (Å²) in [5.74, 6) is -0.836. The van der Waals surface area contributed by atoms with Crippen molar-refractivity contribution in [2.24, 2.45) is 0 Å². The van der Waals surface area contributed by atoms with Crippen molar-refractivity contribution < 1.29 is 22.7 Å². The standard InChI is InChI=1S/C13H14F3N3O2/c1-8-3-4-9-18-11(13(14,15)16)10(19(9)7-8)12(20)17-5-6-21-2/h3-4,7H,5-6H2,1-2H3,(H,17,20). The normalized spacial score (nSPS) is 11.9. The van der Waals surface area contributed by atoms with Gasteiger partial charge in [0.05, 0.1) is 6.61 Å². The molecular formula is C13H14F3N3O2. The molecule has 0 aliphatic carbocycles. The van der Waals surface area contributed by atoms with Gasteiger partial charge in [-0.25, -0.2) is 4.98 Å². The van der Waals surface area contributed by atoms with Crippen LogP contribution in [-0.2, 0) is 10.9 Å². The number of aryl methyl sites for hydroxylation is 1. The molecule has 0 atom stereocenters. The van der Waals surface area contributed by atoms with Crippen LogP contribution in [0.4, 0.5) is 13.2 Å². The van der Waals surface area contributed by atoms with Crippen LogP contribution in [0.1, 0.15) is 21.7 Å². The number of methoxy groups -OCH3 is 1. The van der Waals surface area contributed by atoms with Crippen molar-refractivity contribution in [3.63, 3.8) is 0 Å². The summed E-state index contributed by atoms with van der Waals surface area (Å²) in [6, 6.07) is 3.08. The predicted molar refractivity (Wildman–Crippen MR) is 69.1 cm³/mol. The van der Waals surface area contributed by atoms with Gasteiger partial charge in [-0.15, -0.1) is 0 Å². The highest BCUT2D eigenvalue weighted by molar-refractivity contribution is 5.95. The predicted octanol–water partition coefficient (Wildman–Crippen LogP) is 2.04. The second-order valence-corrected chi connectivity index (χ2v) is 4.49. The molecule has 0 aliphatic rings. The first-order valence-electron chi connectivity index (χ1n) is 6.17. The van der Waals surface area contributed by atoms with Crippen molar-refractivity contribution >= 4 is 11.6 Å². The summed E-state index contributed by atoms with van der Waals surface area (Å²) in [5.41, 5.74) is -0.912. The fourth-order valence-corrected chi connectivity index (χ4v) is 1.92. The highest BCUT2D eigenvalue weighted by Crippen LogP contribution is 2.32. The minimum Gasteiger partial charge on any atom is -0.383 e. The van der Waals surface area contributed by atoms with E-state index in [0.29, 0.717) is 0 Å². The molecule has 0 saturated carbocycles. The van der Waals surface area contributed by atoms with Gasteiger partial charge in [0.1, 0.15) is 11.3 Å². The highest BCUT2D eigenvalue weighted by Gasteiger charge is 2.40. The average molecular weight is 301 g/mol. The SMILES string of the molecule is COCCNC(=O)c1c(C(F)(F)F)nc2ccc(C)cn12. The summed E-state index contributed by atoms with van der Waals surface area (Å²) in [6.45, 7) is 2.05. The largest absolute Gasteiger partial charge is 0.435 e. The fraction of sp³-hybridized carbons (Fsp3) is 0.385. The topological polar surface area (TPSA) is 55.6 Å². The first-order valence-corrected chi connectivity index (χ1v) is 6.17. The summed E-state index contributed by atoms with van der Waals surface area (Å²) >= 11 is 0. The molecule has 1 amide bonds. The molecule has 1 N–H and O–H groups in total. The molecule has 0 aromatic carbocycles. The zero-order chi connectivity index (χ0) is 15.6. The monoisotopic (exact) mass is 301 g/mol. The van der Waals surface area contributed by atoms with E-state index < -0.39 is 23.5 Å². The van der Waals surface area contributed by atoms with E-state index in [2.05, 4.69) is 10.3 Å². The van der Waals surface area contributed by atoms with Gasteiger partial charge in [-0.2, -0.15) is 13.2 Å². The van der Waals surface area contributed by atoms with Crippen LogP contribution in [0.25, 0.3) is 5.65 Å². The van der Waals surface area contributed by atoms with E-state index in [4.69, 9.17) is 4.74 Å². The number of pyridine rings is 1. The van der Waals surface area contributed by atoms with Crippen LogP contribution in [0.5, 0.6) is 0 Å². The number of amides is 1. The molecule has 21 heavy (non-hydrogen) atoms. The number of rotatable bonds is 4. The zero-order valence-electron chi connectivity index (χ0n) is 11.5. The Morgan fingerprint density at radius 3 is 2.76 bits per heavy atom. The van der Waals surface area contributed by atoms with Crippen LogP contribution >= 0.6 is 0 Å². The Balaban J connectivity index is 2.52. The number of alkyl halides is 3. The lowest BCUT2D eigenvalue weighted by Gasteiger charge is -2.08. The highest BCUT2D eigenvalue weighted by atomic mass is 19.4. The first kappa shape index (κ1) is 15.3. The molecule has 0 bridgehead atoms. The number of hydrogen-bond donors (Lipinski definition) is 1. The van der Waals surface area contributed by atoms with Crippen LogP contribution in [0.3, 0.4) is 0 Å². The van der Waals surface area contributed by atoms with Gasteiger partial charge in [0.2, 0.25) is 0 Å². The number of hydrogen-bond acceptors (Lipinski definition) is 3. The molecule has 0 unspecified atom stereocenters. The van der Waals surface area contributed by atoms with Crippen LogP contribution in [0.2, 0.25) is 0 Å². The lowest BCUT2D eigenvalue weighted by molar-refractivity contribution is -0.141. The molecule has 5 nitrogen and oxygen atoms in total. The maximum absolute atomic E-state index is 13.1. The molecule has 0 fully saturated rings. The average Bonchev–Trinajstić information content (AvgIpc) is 2.77. The van der Waals surface area contributed by atoms with Crippen LogP contribution < -0.4 is 5.32 Å². The molecule has 114 valence electrons. The number of imidazole rings is 1. The summed E-state index contributed by atoms with van der Waals surface area (Å²) in [4.78, 5) is 15.6. The van der Waals surface area contributed by atoms with Crippen LogP contribution in [-0.4, -0.2) is 35.6 Å². The van der Waals surface area contributed by atoms with Gasteiger partial charge in [0.15, 0.2) is 5.69 Å². The van der Waals surface area contributed by atoms with Gasteiger partial charge in [0, 0.05) is 19.9 Å². The number of nitrogens with zero attached hydrogens (tertiary/aromatic N) is 2. The van der Waals surface area contributed by atoms with Gasteiger partial charge < -0.3 is 10.1 Å². The van der Waals surface area contributed by atoms with Gasteiger partial charge in [0.25, 0.3) is 5.91 Å². The third-order valence-electron chi connectivity index (χ3n) is 2.84. The van der Waals surface area contributed by atoms with E-state index >= 15 is 0 Å². The van der Waals surface area contributed by atoms with Gasteiger partial charge in [-0.1, -0.05) is 6.07 Å². The summed E-state index contributed by atoms with van der Waals surface area (Å²) in [7, 11) is 1.44. The van der Waals surface area contributed by atoms with Crippen molar-refractivity contribution in [1.82, 2.24) is 14.7 Å². The molecular weight excluding hydrogens is 287 g/mol. The summed E-state index contributed by atoms with van der Waals surface area (Å²) < 4.78 is 45.1. The van der Waals surface area contributed by atoms with Crippen LogP contribution in [0.15, 0.2) is 18.3 Å². The Morgan fingerprint density at radius 1 is 1.43 bits per heavy atom. The summed E-state index contributed by atoms with van der Waals surface area (Å²) in [6.07, 6.45) is -3.25. The van der Waals surface area contributed by atoms with E-state index in [0.717, 1.165) is 9.96 Å². The maximum Gasteiger partial charge on any atom is 0.435 e. The van der Waals surface area contributed by atoms with Crippen molar-refractivity contribution in [2.75, 3.05) is 20.3 Å². The molecule has 0 spiro atoms. The van der Waals surface area contributed by atoms with E-state index in [1.54, 1.807) is 13.0 Å². The molecule has 0 saturated heterocycles. The third kappa shape index (κ3) is 3.15. The quantitative estimate of drug-likeness (QED) is 0.879. The number of fused-ring (bicyclic) bond motifs is 1. The van der Waals surface area contributed by atoms with Crippen molar-refractivity contribution in [2.45, 2.75) is 13.1 Å². The van der Waals surface area contributed by atoms with Gasteiger partial charge in [-0.3, -0.25) is 9.20 Å². The summed E-state index contributed by atoms with van der Waals surface area (Å²) in [5, 5.41) is 2.39. The Bertz CT molecular complexity index is 664. The molecule has 8 heteroatoms. The minimum absolute atomic E-state index is 0.0739. The van der Waals surface area contributed by atoms with E-state index in [-0.39, 0.29) is 18.8 Å². The lowest BCUT2D eigenvalue weighted by atomic mass is 10.2. The second-order valence-electron chi connectivity index (χ2n) is 4.49. The van der Waals surface area contributed by atoms with E-state index in [1.165, 1.54) is 19.4 Å².